The highest BCUT2D eigenvalue weighted by Crippen LogP contribution is 2.34. The summed E-state index contributed by atoms with van der Waals surface area (Å²) in [6, 6.07) is 33.9. The van der Waals surface area contributed by atoms with Crippen molar-refractivity contribution in [3.63, 3.8) is 0 Å². The molecule has 0 spiro atoms. The highest BCUT2D eigenvalue weighted by atomic mass is 19.1. The molecule has 0 aliphatic heterocycles. The van der Waals surface area contributed by atoms with Gasteiger partial charge in [0.15, 0.2) is 5.82 Å². The van der Waals surface area contributed by atoms with E-state index < -0.39 is 17.3 Å². The molecule has 0 fully saturated rings. The largest absolute Gasteiger partial charge is 0.252 e. The molecule has 0 bridgehead atoms. The van der Waals surface area contributed by atoms with Crippen LogP contribution in [0.15, 0.2) is 115 Å². The van der Waals surface area contributed by atoms with E-state index in [4.69, 9.17) is 15.1 Å². The van der Waals surface area contributed by atoms with Crippen molar-refractivity contribution >= 4 is 0 Å². The predicted molar refractivity (Wildman–Crippen MR) is 152 cm³/mol. The summed E-state index contributed by atoms with van der Waals surface area (Å²) < 4.78 is 29.6. The van der Waals surface area contributed by atoms with Crippen LogP contribution in [0.25, 0.3) is 39.5 Å². The fourth-order valence-corrected chi connectivity index (χ4v) is 4.70. The molecule has 7 heteroatoms. The molecule has 0 atom stereocenters. The minimum absolute atomic E-state index is 0.138. The number of benzene rings is 2. The van der Waals surface area contributed by atoms with Gasteiger partial charge in [-0.05, 0) is 55.8 Å². The quantitative estimate of drug-likeness (QED) is 0.208. The summed E-state index contributed by atoms with van der Waals surface area (Å²) in [5, 5.41) is 4.95. The number of nitrogens with zero attached hydrogens (tertiary/aromatic N) is 5. The summed E-state index contributed by atoms with van der Waals surface area (Å²) in [6.07, 6.45) is 2.00. The van der Waals surface area contributed by atoms with Gasteiger partial charge in [-0.1, -0.05) is 72.8 Å². The third kappa shape index (κ3) is 4.78. The molecular formula is C33H25F2N5. The van der Waals surface area contributed by atoms with Crippen molar-refractivity contribution in [3.8, 4) is 39.5 Å². The average Bonchev–Trinajstić information content (AvgIpc) is 3.44. The molecule has 0 radical (unpaired) electrons. The van der Waals surface area contributed by atoms with Crippen LogP contribution < -0.4 is 0 Å². The van der Waals surface area contributed by atoms with Gasteiger partial charge in [-0.2, -0.15) is 18.9 Å². The van der Waals surface area contributed by atoms with Gasteiger partial charge in [0.2, 0.25) is 11.9 Å². The van der Waals surface area contributed by atoms with Crippen molar-refractivity contribution in [2.75, 3.05) is 0 Å². The molecule has 6 aromatic rings. The van der Waals surface area contributed by atoms with Crippen LogP contribution in [-0.2, 0) is 5.41 Å². The number of halogens is 2. The van der Waals surface area contributed by atoms with Gasteiger partial charge in [-0.3, -0.25) is 4.98 Å². The summed E-state index contributed by atoms with van der Waals surface area (Å²) >= 11 is 0. The third-order valence-corrected chi connectivity index (χ3v) is 6.94. The molecule has 4 heterocycles. The Balaban J connectivity index is 1.41. The van der Waals surface area contributed by atoms with Gasteiger partial charge in [0.05, 0.1) is 22.6 Å². The lowest BCUT2D eigenvalue weighted by Crippen LogP contribution is -2.23. The Morgan fingerprint density at radius 1 is 0.600 bits per heavy atom. The van der Waals surface area contributed by atoms with Crippen LogP contribution in [0.4, 0.5) is 8.78 Å². The zero-order chi connectivity index (χ0) is 27.7. The Kier molecular flexibility index (Phi) is 6.48. The maximum absolute atomic E-state index is 14.4. The predicted octanol–water partition coefficient (Wildman–Crippen LogP) is 7.66. The Morgan fingerprint density at radius 3 is 1.95 bits per heavy atom. The van der Waals surface area contributed by atoms with Gasteiger partial charge in [0.25, 0.3) is 0 Å². The molecule has 40 heavy (non-hydrogen) atoms. The molecule has 0 amide bonds. The van der Waals surface area contributed by atoms with Crippen LogP contribution >= 0.6 is 0 Å². The molecule has 6 rings (SSSR count). The van der Waals surface area contributed by atoms with E-state index in [1.54, 1.807) is 16.8 Å². The second-order valence-electron chi connectivity index (χ2n) is 9.95. The van der Waals surface area contributed by atoms with E-state index in [9.17, 15) is 8.78 Å². The fourth-order valence-electron chi connectivity index (χ4n) is 4.70. The van der Waals surface area contributed by atoms with Gasteiger partial charge in [0.1, 0.15) is 5.69 Å². The molecule has 5 nitrogen and oxygen atoms in total. The minimum atomic E-state index is -0.898. The number of hydrogen-bond donors (Lipinski definition) is 0. The summed E-state index contributed by atoms with van der Waals surface area (Å²) in [7, 11) is 0. The van der Waals surface area contributed by atoms with Gasteiger partial charge in [0, 0.05) is 22.7 Å². The molecule has 196 valence electrons. The first-order valence-corrected chi connectivity index (χ1v) is 12.9. The van der Waals surface area contributed by atoms with Crippen molar-refractivity contribution in [1.82, 2.24) is 24.7 Å². The van der Waals surface area contributed by atoms with Crippen molar-refractivity contribution < 1.29 is 8.78 Å². The summed E-state index contributed by atoms with van der Waals surface area (Å²) in [6.45, 7) is 4.02. The van der Waals surface area contributed by atoms with Crippen LogP contribution in [0.5, 0.6) is 0 Å². The second-order valence-corrected chi connectivity index (χ2v) is 9.95. The summed E-state index contributed by atoms with van der Waals surface area (Å²) in [4.78, 5) is 13.0. The van der Waals surface area contributed by atoms with Gasteiger partial charge < -0.3 is 0 Å². The van der Waals surface area contributed by atoms with Gasteiger partial charge >= 0.3 is 0 Å². The fraction of sp³-hybridized carbons (Fsp3) is 0.0909. The normalized spacial score (nSPS) is 11.5. The molecule has 0 unspecified atom stereocenters. The van der Waals surface area contributed by atoms with Gasteiger partial charge in [-0.15, -0.1) is 0 Å². The highest BCUT2D eigenvalue weighted by Gasteiger charge is 2.28. The van der Waals surface area contributed by atoms with E-state index in [0.717, 1.165) is 34.1 Å². The van der Waals surface area contributed by atoms with Gasteiger partial charge in [-0.25, -0.2) is 9.67 Å². The average molecular weight is 530 g/mol. The third-order valence-electron chi connectivity index (χ3n) is 6.94. The zero-order valence-electron chi connectivity index (χ0n) is 22.0. The Morgan fingerprint density at radius 2 is 1.25 bits per heavy atom. The van der Waals surface area contributed by atoms with Crippen molar-refractivity contribution in [2.24, 2.45) is 0 Å². The van der Waals surface area contributed by atoms with Crippen LogP contribution in [-0.4, -0.2) is 24.7 Å². The molecule has 0 saturated carbocycles. The Hall–Kier alpha value is -5.04. The zero-order valence-corrected chi connectivity index (χ0v) is 22.0. The van der Waals surface area contributed by atoms with Crippen LogP contribution in [0, 0.1) is 11.9 Å². The molecule has 0 N–H and O–H groups in total. The van der Waals surface area contributed by atoms with E-state index >= 15 is 0 Å². The van der Waals surface area contributed by atoms with E-state index in [1.807, 2.05) is 92.8 Å². The first kappa shape index (κ1) is 25.2. The van der Waals surface area contributed by atoms with Crippen LogP contribution in [0.3, 0.4) is 0 Å². The topological polar surface area (TPSA) is 56.5 Å². The summed E-state index contributed by atoms with van der Waals surface area (Å²) in [5.74, 6) is -1.11. The Bertz CT molecular complexity index is 1740. The van der Waals surface area contributed by atoms with E-state index in [1.165, 1.54) is 6.07 Å². The lowest BCUT2D eigenvalue weighted by molar-refractivity contribution is 0.514. The molecule has 2 aromatic carbocycles. The van der Waals surface area contributed by atoms with E-state index in [-0.39, 0.29) is 5.56 Å². The van der Waals surface area contributed by atoms with E-state index in [0.29, 0.717) is 17.2 Å². The van der Waals surface area contributed by atoms with Crippen molar-refractivity contribution in [2.45, 2.75) is 19.3 Å². The summed E-state index contributed by atoms with van der Waals surface area (Å²) in [5.41, 5.74) is 5.28. The second kappa shape index (κ2) is 10.3. The van der Waals surface area contributed by atoms with Crippen LogP contribution in [0.2, 0.25) is 0 Å². The lowest BCUT2D eigenvalue weighted by Gasteiger charge is -2.24. The monoisotopic (exact) mass is 529 g/mol. The first-order chi connectivity index (χ1) is 19.4. The molecule has 0 saturated heterocycles. The Labute approximate surface area is 230 Å². The highest BCUT2D eigenvalue weighted by molar-refractivity contribution is 5.80. The van der Waals surface area contributed by atoms with Crippen LogP contribution in [0.1, 0.15) is 25.2 Å². The standard InChI is InChI=1S/C33H25F2N5/c1-33(2,27-16-9-15-26(36-27)24-19-20-29(34)38-32(24)35)28-17-10-18-30(37-28)40-21-25(22-11-5-3-6-12-22)31(39-40)23-13-7-4-8-14-23/h3-21H,1-2H3. The van der Waals surface area contributed by atoms with Crippen molar-refractivity contribution in [3.05, 3.63) is 139 Å². The lowest BCUT2D eigenvalue weighted by atomic mass is 9.84. The first-order valence-electron chi connectivity index (χ1n) is 12.9. The number of hydrogen-bond acceptors (Lipinski definition) is 4. The van der Waals surface area contributed by atoms with Crippen molar-refractivity contribution in [1.29, 1.82) is 0 Å². The number of rotatable bonds is 6. The SMILES string of the molecule is CC(C)(c1cccc(-c2ccc(F)nc2F)n1)c1cccc(-n2cc(-c3ccccc3)c(-c3ccccc3)n2)n1. The molecule has 4 aromatic heterocycles. The maximum atomic E-state index is 14.4. The molecule has 0 aliphatic rings. The number of pyridine rings is 3. The smallest absolute Gasteiger partial charge is 0.224 e. The molecular weight excluding hydrogens is 504 g/mol. The number of aromatic nitrogens is 5. The maximum Gasteiger partial charge on any atom is 0.224 e. The minimum Gasteiger partial charge on any atom is -0.252 e. The molecule has 0 aliphatic carbocycles. The van der Waals surface area contributed by atoms with E-state index in [2.05, 4.69) is 17.1 Å².